The minimum Gasteiger partial charge on any atom is -0.495 e. The summed E-state index contributed by atoms with van der Waals surface area (Å²) in [6, 6.07) is 6.25. The highest BCUT2D eigenvalue weighted by Gasteiger charge is 2.25. The highest BCUT2D eigenvalue weighted by molar-refractivity contribution is 6.32. The molecule has 0 amide bonds. The highest BCUT2D eigenvalue weighted by Crippen LogP contribution is 2.36. The van der Waals surface area contributed by atoms with Crippen molar-refractivity contribution in [1.29, 1.82) is 0 Å². The molecule has 2 rings (SSSR count). The summed E-state index contributed by atoms with van der Waals surface area (Å²) in [6.45, 7) is 0. The molecule has 0 aromatic heterocycles. The van der Waals surface area contributed by atoms with Crippen LogP contribution < -0.4 is 10.5 Å². The van der Waals surface area contributed by atoms with E-state index in [0.717, 1.165) is 12.2 Å². The summed E-state index contributed by atoms with van der Waals surface area (Å²) >= 11 is 5.98. The van der Waals surface area contributed by atoms with Crippen molar-refractivity contribution in [2.75, 3.05) is 7.11 Å². The van der Waals surface area contributed by atoms with Crippen LogP contribution in [0.4, 0.5) is 0 Å². The van der Waals surface area contributed by atoms with Gasteiger partial charge in [-0.2, -0.15) is 0 Å². The lowest BCUT2D eigenvalue weighted by Crippen LogP contribution is -2.22. The third-order valence-electron chi connectivity index (χ3n) is 3.17. The maximum atomic E-state index is 6.07. The first-order valence-corrected chi connectivity index (χ1v) is 5.69. The van der Waals surface area contributed by atoms with Gasteiger partial charge in [-0.25, -0.2) is 0 Å². The zero-order chi connectivity index (χ0) is 10.8. The van der Waals surface area contributed by atoms with E-state index in [-0.39, 0.29) is 6.04 Å². The lowest BCUT2D eigenvalue weighted by Gasteiger charge is -2.16. The normalized spacial score (nSPS) is 25.5. The number of methoxy groups -OCH3 is 1. The first-order valence-electron chi connectivity index (χ1n) is 5.31. The Hall–Kier alpha value is -0.730. The van der Waals surface area contributed by atoms with Gasteiger partial charge in [-0.3, -0.25) is 0 Å². The van der Waals surface area contributed by atoms with Gasteiger partial charge in [0.2, 0.25) is 0 Å². The number of ether oxygens (including phenoxy) is 1. The number of benzene rings is 1. The Labute approximate surface area is 95.4 Å². The fourth-order valence-electron chi connectivity index (χ4n) is 2.31. The smallest absolute Gasteiger partial charge is 0.137 e. The summed E-state index contributed by atoms with van der Waals surface area (Å²) in [5.41, 5.74) is 7.32. The lowest BCUT2D eigenvalue weighted by molar-refractivity contribution is 0.413. The third-order valence-corrected chi connectivity index (χ3v) is 3.48. The summed E-state index contributed by atoms with van der Waals surface area (Å²) in [5, 5.41) is 0.660. The van der Waals surface area contributed by atoms with Crippen molar-refractivity contribution in [3.8, 4) is 5.75 Å². The Kier molecular flexibility index (Phi) is 3.17. The predicted molar refractivity (Wildman–Crippen MR) is 62.6 cm³/mol. The van der Waals surface area contributed by atoms with Gasteiger partial charge >= 0.3 is 0 Å². The van der Waals surface area contributed by atoms with E-state index in [0.29, 0.717) is 10.9 Å². The molecule has 1 aliphatic rings. The lowest BCUT2D eigenvalue weighted by atomic mass is 9.94. The fourth-order valence-corrected chi connectivity index (χ4v) is 2.50. The van der Waals surface area contributed by atoms with E-state index in [1.165, 1.54) is 18.4 Å². The topological polar surface area (TPSA) is 35.2 Å². The van der Waals surface area contributed by atoms with E-state index in [4.69, 9.17) is 22.1 Å². The van der Waals surface area contributed by atoms with Crippen LogP contribution in [0.2, 0.25) is 5.02 Å². The zero-order valence-electron chi connectivity index (χ0n) is 8.87. The first-order chi connectivity index (χ1) is 7.22. The highest BCUT2D eigenvalue weighted by atomic mass is 35.5. The Morgan fingerprint density at radius 1 is 1.40 bits per heavy atom. The molecule has 82 valence electrons. The number of hydrogen-bond acceptors (Lipinski definition) is 2. The number of halogens is 1. The standard InChI is InChI=1S/C12H16ClNO/c1-15-12-7-8(5-6-10(12)13)9-3-2-4-11(9)14/h5-7,9,11H,2-4,14H2,1H3. The molecule has 1 saturated carbocycles. The minimum absolute atomic E-state index is 0.288. The quantitative estimate of drug-likeness (QED) is 0.840. The van der Waals surface area contributed by atoms with E-state index >= 15 is 0 Å². The van der Waals surface area contributed by atoms with Crippen LogP contribution in [0.1, 0.15) is 30.7 Å². The van der Waals surface area contributed by atoms with Gasteiger partial charge in [-0.1, -0.05) is 24.1 Å². The van der Waals surface area contributed by atoms with Crippen molar-refractivity contribution in [1.82, 2.24) is 0 Å². The fraction of sp³-hybridized carbons (Fsp3) is 0.500. The number of hydrogen-bond donors (Lipinski definition) is 1. The molecule has 2 unspecified atom stereocenters. The molecule has 0 spiro atoms. The van der Waals surface area contributed by atoms with Gasteiger partial charge < -0.3 is 10.5 Å². The molecular formula is C12H16ClNO. The van der Waals surface area contributed by atoms with Crippen LogP contribution in [0.25, 0.3) is 0 Å². The van der Waals surface area contributed by atoms with Gasteiger partial charge in [0.05, 0.1) is 12.1 Å². The molecule has 1 aromatic carbocycles. The maximum absolute atomic E-state index is 6.07. The van der Waals surface area contributed by atoms with Gasteiger partial charge in [0.1, 0.15) is 5.75 Å². The average Bonchev–Trinajstić information content (AvgIpc) is 2.65. The van der Waals surface area contributed by atoms with E-state index in [2.05, 4.69) is 6.07 Å². The van der Waals surface area contributed by atoms with Crippen molar-refractivity contribution < 1.29 is 4.74 Å². The largest absolute Gasteiger partial charge is 0.495 e. The minimum atomic E-state index is 0.288. The number of rotatable bonds is 2. The second-order valence-electron chi connectivity index (χ2n) is 4.10. The van der Waals surface area contributed by atoms with Crippen LogP contribution in [0.15, 0.2) is 18.2 Å². The van der Waals surface area contributed by atoms with Crippen LogP contribution in [-0.4, -0.2) is 13.2 Å². The van der Waals surface area contributed by atoms with Gasteiger partial charge in [0.15, 0.2) is 0 Å². The summed E-state index contributed by atoms with van der Waals surface area (Å²) < 4.78 is 5.21. The van der Waals surface area contributed by atoms with Crippen molar-refractivity contribution in [3.63, 3.8) is 0 Å². The Morgan fingerprint density at radius 3 is 2.80 bits per heavy atom. The Bertz CT molecular complexity index is 353. The summed E-state index contributed by atoms with van der Waals surface area (Å²) in [7, 11) is 1.64. The van der Waals surface area contributed by atoms with Crippen molar-refractivity contribution in [3.05, 3.63) is 28.8 Å². The molecule has 2 nitrogen and oxygen atoms in total. The second kappa shape index (κ2) is 4.42. The third kappa shape index (κ3) is 2.11. The SMILES string of the molecule is COc1cc(C2CCCC2N)ccc1Cl. The molecule has 0 radical (unpaired) electrons. The van der Waals surface area contributed by atoms with Crippen molar-refractivity contribution in [2.45, 2.75) is 31.2 Å². The summed E-state index contributed by atoms with van der Waals surface area (Å²) in [6.07, 6.45) is 3.51. The second-order valence-corrected chi connectivity index (χ2v) is 4.50. The van der Waals surface area contributed by atoms with Gasteiger partial charge in [0.25, 0.3) is 0 Å². The van der Waals surface area contributed by atoms with E-state index in [9.17, 15) is 0 Å². The van der Waals surface area contributed by atoms with Crippen LogP contribution in [0.5, 0.6) is 5.75 Å². The molecule has 2 N–H and O–H groups in total. The Balaban J connectivity index is 2.28. The van der Waals surface area contributed by atoms with Gasteiger partial charge in [-0.15, -0.1) is 0 Å². The van der Waals surface area contributed by atoms with Crippen LogP contribution in [0.3, 0.4) is 0 Å². The molecule has 1 fully saturated rings. The van der Waals surface area contributed by atoms with E-state index in [1.54, 1.807) is 7.11 Å². The monoisotopic (exact) mass is 225 g/mol. The average molecular weight is 226 g/mol. The summed E-state index contributed by atoms with van der Waals surface area (Å²) in [5.74, 6) is 1.21. The molecule has 15 heavy (non-hydrogen) atoms. The van der Waals surface area contributed by atoms with Crippen LogP contribution in [0, 0.1) is 0 Å². The molecule has 0 heterocycles. The molecule has 1 aliphatic carbocycles. The zero-order valence-corrected chi connectivity index (χ0v) is 9.63. The molecule has 3 heteroatoms. The Morgan fingerprint density at radius 2 is 2.20 bits per heavy atom. The maximum Gasteiger partial charge on any atom is 0.137 e. The first kappa shape index (κ1) is 10.8. The van der Waals surface area contributed by atoms with Gasteiger partial charge in [0, 0.05) is 6.04 Å². The van der Waals surface area contributed by atoms with Crippen molar-refractivity contribution in [2.24, 2.45) is 5.73 Å². The predicted octanol–water partition coefficient (Wildman–Crippen LogP) is 2.94. The van der Waals surface area contributed by atoms with E-state index in [1.807, 2.05) is 12.1 Å². The van der Waals surface area contributed by atoms with Gasteiger partial charge in [-0.05, 0) is 36.5 Å². The molecular weight excluding hydrogens is 210 g/mol. The number of nitrogens with two attached hydrogens (primary N) is 1. The molecule has 0 saturated heterocycles. The van der Waals surface area contributed by atoms with E-state index < -0.39 is 0 Å². The molecule has 1 aromatic rings. The van der Waals surface area contributed by atoms with Crippen LogP contribution in [-0.2, 0) is 0 Å². The summed E-state index contributed by atoms with van der Waals surface area (Å²) in [4.78, 5) is 0. The molecule has 0 bridgehead atoms. The van der Waals surface area contributed by atoms with Crippen LogP contribution >= 0.6 is 11.6 Å². The van der Waals surface area contributed by atoms with Crippen molar-refractivity contribution >= 4 is 11.6 Å². The molecule has 2 atom stereocenters. The molecule has 0 aliphatic heterocycles.